The minimum Gasteiger partial charge on any atom is -0.480 e. The van der Waals surface area contributed by atoms with E-state index in [9.17, 15) is 13.2 Å². The Kier molecular flexibility index (Phi) is 4.39. The highest BCUT2D eigenvalue weighted by molar-refractivity contribution is 7.92. The molecule has 1 aromatic carbocycles. The van der Waals surface area contributed by atoms with Crippen molar-refractivity contribution in [1.29, 1.82) is 0 Å². The highest BCUT2D eigenvalue weighted by Gasteiger charge is 2.14. The third-order valence-electron chi connectivity index (χ3n) is 2.51. The number of nitrogens with one attached hydrogen (secondary N) is 2. The zero-order chi connectivity index (χ0) is 15.3. The summed E-state index contributed by atoms with van der Waals surface area (Å²) in [5.74, 6) is -0.769. The van der Waals surface area contributed by atoms with Crippen LogP contribution in [0, 0.1) is 0 Å². The van der Waals surface area contributed by atoms with Crippen molar-refractivity contribution in [2.45, 2.75) is 4.90 Å². The molecule has 0 fully saturated rings. The summed E-state index contributed by atoms with van der Waals surface area (Å²) in [6, 6.07) is 10.7. The topological polar surface area (TPSA) is 108 Å². The van der Waals surface area contributed by atoms with Crippen LogP contribution in [0.15, 0.2) is 53.6 Å². The van der Waals surface area contributed by atoms with Gasteiger partial charge in [0.1, 0.15) is 12.4 Å². The molecule has 2 rings (SSSR count). The number of sulfonamides is 1. The summed E-state index contributed by atoms with van der Waals surface area (Å²) in [5, 5.41) is 11.2. The van der Waals surface area contributed by atoms with E-state index >= 15 is 0 Å². The van der Waals surface area contributed by atoms with Gasteiger partial charge in [-0.3, -0.25) is 9.52 Å². The maximum absolute atomic E-state index is 12.1. The summed E-state index contributed by atoms with van der Waals surface area (Å²) in [7, 11) is -3.72. The van der Waals surface area contributed by atoms with Crippen LogP contribution in [0.2, 0.25) is 0 Å². The van der Waals surface area contributed by atoms with Crippen LogP contribution >= 0.6 is 0 Å². The van der Waals surface area contributed by atoms with E-state index in [0.29, 0.717) is 5.69 Å². The Hall–Kier alpha value is -2.61. The van der Waals surface area contributed by atoms with E-state index in [4.69, 9.17) is 5.11 Å². The SMILES string of the molecule is O=C(O)CNc1ccc(S(=O)(=O)Nc2ccccn2)cc1. The van der Waals surface area contributed by atoms with E-state index in [1.165, 1.54) is 30.5 Å². The van der Waals surface area contributed by atoms with Crippen molar-refractivity contribution < 1.29 is 18.3 Å². The molecule has 1 aromatic heterocycles. The van der Waals surface area contributed by atoms with E-state index in [1.54, 1.807) is 18.2 Å². The third kappa shape index (κ3) is 4.18. The summed E-state index contributed by atoms with van der Waals surface area (Å²) >= 11 is 0. The lowest BCUT2D eigenvalue weighted by Gasteiger charge is -2.08. The normalized spacial score (nSPS) is 10.9. The first-order valence-corrected chi connectivity index (χ1v) is 7.45. The third-order valence-corrected chi connectivity index (χ3v) is 3.88. The first-order valence-electron chi connectivity index (χ1n) is 5.97. The molecule has 1 heterocycles. The molecule has 0 saturated carbocycles. The van der Waals surface area contributed by atoms with Gasteiger partial charge >= 0.3 is 5.97 Å². The number of aliphatic carboxylic acids is 1. The molecule has 0 atom stereocenters. The number of carboxylic acid groups (broad SMARTS) is 1. The molecule has 2 aromatic rings. The molecular weight excluding hydrogens is 294 g/mol. The van der Waals surface area contributed by atoms with Gasteiger partial charge in [0.2, 0.25) is 0 Å². The van der Waals surface area contributed by atoms with Crippen LogP contribution in [-0.4, -0.2) is 31.0 Å². The summed E-state index contributed by atoms with van der Waals surface area (Å²) in [5.41, 5.74) is 0.522. The number of pyridine rings is 1. The summed E-state index contributed by atoms with van der Waals surface area (Å²) < 4.78 is 26.6. The Balaban J connectivity index is 2.12. The number of carboxylic acids is 1. The molecule has 0 bridgehead atoms. The van der Waals surface area contributed by atoms with Crippen LogP contribution in [0.25, 0.3) is 0 Å². The van der Waals surface area contributed by atoms with E-state index in [1.807, 2.05) is 0 Å². The molecule has 0 amide bonds. The number of carbonyl (C=O) groups is 1. The molecule has 0 aliphatic heterocycles. The van der Waals surface area contributed by atoms with Gasteiger partial charge in [0.15, 0.2) is 0 Å². The number of hydrogen-bond donors (Lipinski definition) is 3. The summed E-state index contributed by atoms with van der Waals surface area (Å²) in [4.78, 5) is 14.4. The van der Waals surface area contributed by atoms with Gasteiger partial charge < -0.3 is 10.4 Å². The lowest BCUT2D eigenvalue weighted by molar-refractivity contribution is -0.134. The second-order valence-electron chi connectivity index (χ2n) is 4.09. The molecule has 0 spiro atoms. The second kappa shape index (κ2) is 6.23. The zero-order valence-electron chi connectivity index (χ0n) is 10.9. The van der Waals surface area contributed by atoms with Crippen molar-refractivity contribution in [1.82, 2.24) is 4.98 Å². The molecule has 21 heavy (non-hydrogen) atoms. The van der Waals surface area contributed by atoms with Crippen LogP contribution in [0.5, 0.6) is 0 Å². The number of anilines is 2. The minimum absolute atomic E-state index is 0.0639. The van der Waals surface area contributed by atoms with Crippen molar-refractivity contribution in [3.8, 4) is 0 Å². The largest absolute Gasteiger partial charge is 0.480 e. The maximum Gasteiger partial charge on any atom is 0.322 e. The Morgan fingerprint density at radius 1 is 1.14 bits per heavy atom. The summed E-state index contributed by atoms with van der Waals surface area (Å²) in [6.07, 6.45) is 1.48. The Bertz CT molecular complexity index is 715. The van der Waals surface area contributed by atoms with Crippen LogP contribution in [-0.2, 0) is 14.8 Å². The number of nitrogens with zero attached hydrogens (tertiary/aromatic N) is 1. The number of rotatable bonds is 6. The number of aromatic nitrogens is 1. The van der Waals surface area contributed by atoms with E-state index in [0.717, 1.165) is 0 Å². The van der Waals surface area contributed by atoms with Crippen LogP contribution < -0.4 is 10.0 Å². The molecule has 0 saturated heterocycles. The van der Waals surface area contributed by atoms with E-state index in [-0.39, 0.29) is 17.3 Å². The van der Waals surface area contributed by atoms with Crippen LogP contribution in [0.4, 0.5) is 11.5 Å². The lowest BCUT2D eigenvalue weighted by atomic mass is 10.3. The predicted octanol–water partition coefficient (Wildman–Crippen LogP) is 1.38. The molecule has 110 valence electrons. The smallest absolute Gasteiger partial charge is 0.322 e. The highest BCUT2D eigenvalue weighted by Crippen LogP contribution is 2.16. The molecule has 8 heteroatoms. The maximum atomic E-state index is 12.1. The molecule has 7 nitrogen and oxygen atoms in total. The van der Waals surface area contributed by atoms with Gasteiger partial charge in [0.25, 0.3) is 10.0 Å². The van der Waals surface area contributed by atoms with Gasteiger partial charge in [0.05, 0.1) is 4.90 Å². The predicted molar refractivity (Wildman–Crippen MR) is 77.6 cm³/mol. The van der Waals surface area contributed by atoms with Gasteiger partial charge in [0, 0.05) is 11.9 Å². The first-order chi connectivity index (χ1) is 9.97. The average molecular weight is 307 g/mol. The Labute approximate surface area is 121 Å². The highest BCUT2D eigenvalue weighted by atomic mass is 32.2. The van der Waals surface area contributed by atoms with Crippen molar-refractivity contribution in [3.63, 3.8) is 0 Å². The fourth-order valence-electron chi connectivity index (χ4n) is 1.55. The molecule has 0 aliphatic rings. The van der Waals surface area contributed by atoms with Gasteiger partial charge in [-0.1, -0.05) is 6.07 Å². The summed E-state index contributed by atoms with van der Waals surface area (Å²) in [6.45, 7) is -0.238. The quantitative estimate of drug-likeness (QED) is 0.744. The van der Waals surface area contributed by atoms with Gasteiger partial charge in [-0.05, 0) is 36.4 Å². The minimum atomic E-state index is -3.72. The molecular formula is C13H13N3O4S. The Morgan fingerprint density at radius 3 is 2.43 bits per heavy atom. The lowest BCUT2D eigenvalue weighted by Crippen LogP contribution is -2.14. The fourth-order valence-corrected chi connectivity index (χ4v) is 2.56. The second-order valence-corrected chi connectivity index (χ2v) is 5.77. The standard InChI is InChI=1S/C13H13N3O4S/c17-13(18)9-15-10-4-6-11(7-5-10)21(19,20)16-12-3-1-2-8-14-12/h1-8,15H,9H2,(H,14,16)(H,17,18). The first kappa shape index (κ1) is 14.8. The van der Waals surface area contributed by atoms with Gasteiger partial charge in [-0.2, -0.15) is 0 Å². The number of hydrogen-bond acceptors (Lipinski definition) is 5. The molecule has 3 N–H and O–H groups in total. The van der Waals surface area contributed by atoms with Gasteiger partial charge in [-0.25, -0.2) is 13.4 Å². The Morgan fingerprint density at radius 2 is 1.86 bits per heavy atom. The molecule has 0 radical (unpaired) electrons. The monoisotopic (exact) mass is 307 g/mol. The van der Waals surface area contributed by atoms with Crippen LogP contribution in [0.3, 0.4) is 0 Å². The zero-order valence-corrected chi connectivity index (χ0v) is 11.7. The average Bonchev–Trinajstić information content (AvgIpc) is 2.46. The van der Waals surface area contributed by atoms with E-state index < -0.39 is 16.0 Å². The van der Waals surface area contributed by atoms with E-state index in [2.05, 4.69) is 15.0 Å². The van der Waals surface area contributed by atoms with Crippen molar-refractivity contribution in [2.75, 3.05) is 16.6 Å². The number of benzene rings is 1. The van der Waals surface area contributed by atoms with Crippen LogP contribution in [0.1, 0.15) is 0 Å². The van der Waals surface area contributed by atoms with Gasteiger partial charge in [-0.15, -0.1) is 0 Å². The van der Waals surface area contributed by atoms with Crippen molar-refractivity contribution in [3.05, 3.63) is 48.7 Å². The molecule has 0 unspecified atom stereocenters. The molecule has 0 aliphatic carbocycles. The van der Waals surface area contributed by atoms with Crippen molar-refractivity contribution in [2.24, 2.45) is 0 Å². The van der Waals surface area contributed by atoms with Crippen molar-refractivity contribution >= 4 is 27.5 Å². The fraction of sp³-hybridized carbons (Fsp3) is 0.0769.